The Kier molecular flexibility index (Phi) is 8.48. The second-order valence-corrected chi connectivity index (χ2v) is 10.9. The number of fused-ring (bicyclic) bond motifs is 4. The van der Waals surface area contributed by atoms with Crippen molar-refractivity contribution in [3.8, 4) is 23.0 Å². The predicted molar refractivity (Wildman–Crippen MR) is 168 cm³/mol. The Morgan fingerprint density at radius 1 is 0.733 bits per heavy atom. The van der Waals surface area contributed by atoms with E-state index < -0.39 is 6.29 Å². The lowest BCUT2D eigenvalue weighted by atomic mass is 9.99. The van der Waals surface area contributed by atoms with Crippen LogP contribution in [0, 0.1) is 0 Å². The zero-order chi connectivity index (χ0) is 30.4. The summed E-state index contributed by atoms with van der Waals surface area (Å²) in [5, 5.41) is 4.77. The molecule has 0 aromatic heterocycles. The van der Waals surface area contributed by atoms with E-state index in [2.05, 4.69) is 5.32 Å². The van der Waals surface area contributed by atoms with Gasteiger partial charge in [-0.3, -0.25) is 4.79 Å². The van der Waals surface area contributed by atoms with Crippen molar-refractivity contribution >= 4 is 16.7 Å². The van der Waals surface area contributed by atoms with Gasteiger partial charge in [-0.2, -0.15) is 0 Å². The second-order valence-electron chi connectivity index (χ2n) is 10.9. The van der Waals surface area contributed by atoms with Gasteiger partial charge in [-0.1, -0.05) is 66.7 Å². The van der Waals surface area contributed by atoms with Gasteiger partial charge in [0.05, 0.1) is 19.8 Å². The van der Waals surface area contributed by atoms with Gasteiger partial charge in [0.2, 0.25) is 6.79 Å². The second kappa shape index (κ2) is 13.3. The van der Waals surface area contributed by atoms with Crippen LogP contribution in [0.1, 0.15) is 45.3 Å². The molecule has 7 rings (SSSR count). The maximum Gasteiger partial charge on any atom is 0.268 e. The molecule has 2 heterocycles. The molecule has 0 saturated carbocycles. The molecule has 1 amide bonds. The van der Waals surface area contributed by atoms with Gasteiger partial charge in [0.1, 0.15) is 0 Å². The van der Waals surface area contributed by atoms with Crippen LogP contribution < -0.4 is 24.3 Å². The van der Waals surface area contributed by atoms with Crippen LogP contribution in [0.5, 0.6) is 23.0 Å². The molecule has 0 aliphatic carbocycles. The fraction of sp³-hybridized carbons (Fsp3) is 0.216. The van der Waals surface area contributed by atoms with Crippen molar-refractivity contribution in [1.29, 1.82) is 0 Å². The van der Waals surface area contributed by atoms with E-state index in [0.29, 0.717) is 61.3 Å². The van der Waals surface area contributed by atoms with Crippen LogP contribution in [0.25, 0.3) is 10.8 Å². The summed E-state index contributed by atoms with van der Waals surface area (Å²) in [6.45, 7) is 2.47. The third-order valence-corrected chi connectivity index (χ3v) is 7.76. The summed E-state index contributed by atoms with van der Waals surface area (Å²) in [6, 6.07) is 33.3. The van der Waals surface area contributed by atoms with Gasteiger partial charge in [0.25, 0.3) is 12.2 Å². The van der Waals surface area contributed by atoms with E-state index in [4.69, 9.17) is 28.4 Å². The van der Waals surface area contributed by atoms with E-state index >= 15 is 0 Å². The number of hydrogen-bond donors (Lipinski definition) is 1. The Morgan fingerprint density at radius 3 is 2.27 bits per heavy atom. The minimum atomic E-state index is -0.634. The van der Waals surface area contributed by atoms with Crippen molar-refractivity contribution in [2.75, 3.05) is 19.9 Å². The van der Waals surface area contributed by atoms with Gasteiger partial charge in [-0.25, -0.2) is 0 Å². The third-order valence-electron chi connectivity index (χ3n) is 7.76. The average molecular weight is 604 g/mol. The van der Waals surface area contributed by atoms with Gasteiger partial charge >= 0.3 is 0 Å². The summed E-state index contributed by atoms with van der Waals surface area (Å²) in [5.74, 6) is 2.47. The van der Waals surface area contributed by atoms with Crippen LogP contribution in [0.3, 0.4) is 0 Å². The highest BCUT2D eigenvalue weighted by Gasteiger charge is 2.30. The summed E-state index contributed by atoms with van der Waals surface area (Å²) in [5.41, 5.74) is 4.33. The first-order valence-corrected chi connectivity index (χ1v) is 15.1. The van der Waals surface area contributed by atoms with Gasteiger partial charge in [-0.05, 0) is 64.9 Å². The number of ether oxygens (including phenoxy) is 6. The molecule has 8 heteroatoms. The Balaban J connectivity index is 1.07. The lowest BCUT2D eigenvalue weighted by molar-refractivity contribution is 0.0492. The van der Waals surface area contributed by atoms with Crippen LogP contribution in [0.2, 0.25) is 0 Å². The SMILES string of the molecule is O=C(NCCCOCc1ccccc1)c1cc2ccc3c(c2cc1COCc1ccccc1)OC(c1ccc2c(c1)OCO2)O3. The Hall–Kier alpha value is -5.05. The first-order chi connectivity index (χ1) is 22.2. The summed E-state index contributed by atoms with van der Waals surface area (Å²) in [7, 11) is 0. The summed E-state index contributed by atoms with van der Waals surface area (Å²) >= 11 is 0. The zero-order valence-corrected chi connectivity index (χ0v) is 24.7. The number of carbonyl (C=O) groups is 1. The van der Waals surface area contributed by atoms with Crippen molar-refractivity contribution in [1.82, 2.24) is 5.32 Å². The number of benzene rings is 5. The molecule has 5 aromatic carbocycles. The van der Waals surface area contributed by atoms with E-state index in [0.717, 1.165) is 33.0 Å². The predicted octanol–water partition coefficient (Wildman–Crippen LogP) is 7.09. The molecule has 5 aromatic rings. The number of nitrogens with one attached hydrogen (secondary N) is 1. The summed E-state index contributed by atoms with van der Waals surface area (Å²) in [4.78, 5) is 13.5. The minimum absolute atomic E-state index is 0.158. The zero-order valence-electron chi connectivity index (χ0n) is 24.7. The average Bonchev–Trinajstić information content (AvgIpc) is 3.74. The Morgan fingerprint density at radius 2 is 1.47 bits per heavy atom. The topological polar surface area (TPSA) is 84.5 Å². The number of amides is 1. The molecule has 1 atom stereocenters. The van der Waals surface area contributed by atoms with Crippen LogP contribution >= 0.6 is 0 Å². The third kappa shape index (κ3) is 6.57. The van der Waals surface area contributed by atoms with Crippen LogP contribution in [-0.4, -0.2) is 25.9 Å². The number of rotatable bonds is 12. The molecule has 0 saturated heterocycles. The van der Waals surface area contributed by atoms with Crippen molar-refractivity contribution < 1.29 is 33.2 Å². The van der Waals surface area contributed by atoms with E-state index in [-0.39, 0.29) is 19.3 Å². The molecular weight excluding hydrogens is 570 g/mol. The lowest BCUT2D eigenvalue weighted by Crippen LogP contribution is -2.26. The molecule has 1 unspecified atom stereocenters. The Labute approximate surface area is 261 Å². The molecule has 2 aliphatic rings. The van der Waals surface area contributed by atoms with Crippen LogP contribution in [0.4, 0.5) is 0 Å². The van der Waals surface area contributed by atoms with Crippen molar-refractivity contribution in [3.63, 3.8) is 0 Å². The van der Waals surface area contributed by atoms with E-state index in [9.17, 15) is 4.79 Å². The molecule has 1 N–H and O–H groups in total. The smallest absolute Gasteiger partial charge is 0.268 e. The fourth-order valence-corrected chi connectivity index (χ4v) is 5.45. The standard InChI is InChI=1S/C37H33NO7/c39-36(38-16-7-17-40-21-25-8-3-1-4-9-25)31-18-27-12-15-33-35(30(27)19-29(31)23-41-22-26-10-5-2-6-11-26)45-37(44-33)28-13-14-32-34(20-28)43-24-42-32/h1-6,8-15,18-20,37H,7,16-17,21-24H2,(H,38,39). The molecule has 45 heavy (non-hydrogen) atoms. The monoisotopic (exact) mass is 603 g/mol. The molecule has 0 spiro atoms. The van der Waals surface area contributed by atoms with Gasteiger partial charge in [0, 0.05) is 29.7 Å². The van der Waals surface area contributed by atoms with E-state index in [1.54, 1.807) is 0 Å². The molecule has 0 bridgehead atoms. The Bertz CT molecular complexity index is 1790. The van der Waals surface area contributed by atoms with Crippen molar-refractivity contribution in [2.45, 2.75) is 32.5 Å². The highest BCUT2D eigenvalue weighted by Crippen LogP contribution is 2.47. The summed E-state index contributed by atoms with van der Waals surface area (Å²) in [6.07, 6.45) is 0.0660. The van der Waals surface area contributed by atoms with E-state index in [1.165, 1.54) is 0 Å². The van der Waals surface area contributed by atoms with Gasteiger partial charge in [0.15, 0.2) is 23.0 Å². The van der Waals surface area contributed by atoms with Crippen LogP contribution in [0.15, 0.2) is 103 Å². The number of hydrogen-bond acceptors (Lipinski definition) is 7. The largest absolute Gasteiger partial charge is 0.454 e. The quantitative estimate of drug-likeness (QED) is 0.152. The normalized spacial score (nSPS) is 14.5. The lowest BCUT2D eigenvalue weighted by Gasteiger charge is -2.14. The van der Waals surface area contributed by atoms with Crippen molar-refractivity contribution in [2.24, 2.45) is 0 Å². The van der Waals surface area contributed by atoms with Gasteiger partial charge < -0.3 is 33.7 Å². The molecule has 8 nitrogen and oxygen atoms in total. The first kappa shape index (κ1) is 28.7. The maximum absolute atomic E-state index is 13.5. The first-order valence-electron chi connectivity index (χ1n) is 15.1. The van der Waals surface area contributed by atoms with Gasteiger partial charge in [-0.15, -0.1) is 0 Å². The summed E-state index contributed by atoms with van der Waals surface area (Å²) < 4.78 is 35.4. The fourth-order valence-electron chi connectivity index (χ4n) is 5.45. The van der Waals surface area contributed by atoms with E-state index in [1.807, 2.05) is 103 Å². The molecule has 0 radical (unpaired) electrons. The molecular formula is C37H33NO7. The van der Waals surface area contributed by atoms with Crippen molar-refractivity contribution in [3.05, 3.63) is 131 Å². The molecule has 228 valence electrons. The van der Waals surface area contributed by atoms with Crippen LogP contribution in [-0.2, 0) is 29.3 Å². The number of carbonyl (C=O) groups excluding carboxylic acids is 1. The highest BCUT2D eigenvalue weighted by atomic mass is 16.7. The minimum Gasteiger partial charge on any atom is -0.454 e. The molecule has 2 aliphatic heterocycles. The maximum atomic E-state index is 13.5. The molecule has 0 fully saturated rings. The highest BCUT2D eigenvalue weighted by molar-refractivity contribution is 6.02.